The van der Waals surface area contributed by atoms with Gasteiger partial charge in [0.2, 0.25) is 5.91 Å². The molecular formula is C14H20BrClN2O2. The Bertz CT molecular complexity index is 425. The fraction of sp³-hybridized carbons (Fsp3) is 0.500. The highest BCUT2D eigenvalue weighted by molar-refractivity contribution is 9.10. The second kappa shape index (κ2) is 9.21. The highest BCUT2D eigenvalue weighted by atomic mass is 79.9. The Morgan fingerprint density at radius 2 is 2.35 bits per heavy atom. The molecule has 1 aliphatic heterocycles. The van der Waals surface area contributed by atoms with Crippen molar-refractivity contribution in [3.8, 4) is 5.75 Å². The fourth-order valence-electron chi connectivity index (χ4n) is 2.14. The first-order chi connectivity index (χ1) is 9.24. The Morgan fingerprint density at radius 3 is 3.05 bits per heavy atom. The molecule has 6 heteroatoms. The number of amides is 1. The average Bonchev–Trinajstić information content (AvgIpc) is 2.87. The topological polar surface area (TPSA) is 50.4 Å². The van der Waals surface area contributed by atoms with Crippen LogP contribution in [0.1, 0.15) is 19.3 Å². The summed E-state index contributed by atoms with van der Waals surface area (Å²) in [5, 5.41) is 6.19. The van der Waals surface area contributed by atoms with Crippen molar-refractivity contribution >= 4 is 34.2 Å². The van der Waals surface area contributed by atoms with E-state index in [1.165, 1.54) is 6.42 Å². The number of ether oxygens (including phenoxy) is 1. The lowest BCUT2D eigenvalue weighted by atomic mass is 10.1. The molecular weight excluding hydrogens is 344 g/mol. The molecule has 1 fully saturated rings. The number of halogens is 2. The Labute approximate surface area is 134 Å². The van der Waals surface area contributed by atoms with Gasteiger partial charge in [-0.2, -0.15) is 0 Å². The molecule has 112 valence electrons. The third kappa shape index (κ3) is 6.11. The zero-order chi connectivity index (χ0) is 13.5. The van der Waals surface area contributed by atoms with Gasteiger partial charge in [-0.05, 0) is 37.6 Å². The molecule has 1 heterocycles. The molecule has 4 nitrogen and oxygen atoms in total. The maximum atomic E-state index is 11.7. The fourth-order valence-corrected chi connectivity index (χ4v) is 2.52. The average molecular weight is 364 g/mol. The number of carbonyl (C=O) groups excluding carboxylic acids is 1. The molecule has 2 rings (SSSR count). The lowest BCUT2D eigenvalue weighted by molar-refractivity contribution is -0.121. The molecule has 2 N–H and O–H groups in total. The van der Waals surface area contributed by atoms with Gasteiger partial charge in [-0.25, -0.2) is 0 Å². The van der Waals surface area contributed by atoms with E-state index in [0.29, 0.717) is 25.6 Å². The summed E-state index contributed by atoms with van der Waals surface area (Å²) in [6.07, 6.45) is 2.84. The highest BCUT2D eigenvalue weighted by Crippen LogP contribution is 2.17. The standard InChI is InChI=1S/C14H19BrN2O2.ClH/c15-11-3-1-5-13(9-11)19-8-7-17-14(18)10-12-4-2-6-16-12;/h1,3,5,9,12,16H,2,4,6-8,10H2,(H,17,18);1H. The molecule has 1 amide bonds. The molecule has 0 aromatic heterocycles. The van der Waals surface area contributed by atoms with E-state index in [1.807, 2.05) is 24.3 Å². The molecule has 0 aliphatic carbocycles. The van der Waals surface area contributed by atoms with Crippen LogP contribution in [-0.2, 0) is 4.79 Å². The predicted octanol–water partition coefficient (Wildman–Crippen LogP) is 2.51. The minimum absolute atomic E-state index is 0. The van der Waals surface area contributed by atoms with Gasteiger partial charge >= 0.3 is 0 Å². The van der Waals surface area contributed by atoms with Gasteiger partial charge in [-0.15, -0.1) is 12.4 Å². The zero-order valence-corrected chi connectivity index (χ0v) is 13.6. The van der Waals surface area contributed by atoms with E-state index < -0.39 is 0 Å². The van der Waals surface area contributed by atoms with Gasteiger partial charge in [-0.3, -0.25) is 4.79 Å². The summed E-state index contributed by atoms with van der Waals surface area (Å²) in [6, 6.07) is 8.03. The van der Waals surface area contributed by atoms with Crippen molar-refractivity contribution in [2.75, 3.05) is 19.7 Å². The van der Waals surface area contributed by atoms with Crippen LogP contribution in [0.25, 0.3) is 0 Å². The van der Waals surface area contributed by atoms with Crippen LogP contribution in [0.5, 0.6) is 5.75 Å². The number of rotatable bonds is 6. The SMILES string of the molecule is Cl.O=C(CC1CCCN1)NCCOc1cccc(Br)c1. The summed E-state index contributed by atoms with van der Waals surface area (Å²) in [5.74, 6) is 0.901. The van der Waals surface area contributed by atoms with Crippen LogP contribution >= 0.6 is 28.3 Å². The van der Waals surface area contributed by atoms with Gasteiger partial charge in [-0.1, -0.05) is 22.0 Å². The van der Waals surface area contributed by atoms with Crippen LogP contribution < -0.4 is 15.4 Å². The Hall–Kier alpha value is -0.780. The molecule has 1 saturated heterocycles. The lowest BCUT2D eigenvalue weighted by Crippen LogP contribution is -2.33. The van der Waals surface area contributed by atoms with Crippen LogP contribution in [-0.4, -0.2) is 31.6 Å². The summed E-state index contributed by atoms with van der Waals surface area (Å²) in [5.41, 5.74) is 0. The molecule has 20 heavy (non-hydrogen) atoms. The molecule has 0 saturated carbocycles. The van der Waals surface area contributed by atoms with Gasteiger partial charge in [0.1, 0.15) is 12.4 Å². The number of nitrogens with one attached hydrogen (secondary N) is 2. The van der Waals surface area contributed by atoms with Crippen molar-refractivity contribution in [1.82, 2.24) is 10.6 Å². The quantitative estimate of drug-likeness (QED) is 0.764. The minimum Gasteiger partial charge on any atom is -0.492 e. The van der Waals surface area contributed by atoms with E-state index in [9.17, 15) is 4.79 Å². The van der Waals surface area contributed by atoms with Crippen molar-refractivity contribution in [1.29, 1.82) is 0 Å². The smallest absolute Gasteiger partial charge is 0.221 e. The van der Waals surface area contributed by atoms with Gasteiger partial charge in [0.15, 0.2) is 0 Å². The molecule has 0 spiro atoms. The van der Waals surface area contributed by atoms with Crippen molar-refractivity contribution < 1.29 is 9.53 Å². The van der Waals surface area contributed by atoms with Crippen molar-refractivity contribution in [2.24, 2.45) is 0 Å². The van der Waals surface area contributed by atoms with E-state index in [-0.39, 0.29) is 18.3 Å². The summed E-state index contributed by atoms with van der Waals surface area (Å²) in [6.45, 7) is 2.06. The Kier molecular flexibility index (Phi) is 7.95. The number of carbonyl (C=O) groups is 1. The van der Waals surface area contributed by atoms with E-state index in [0.717, 1.165) is 23.2 Å². The number of benzene rings is 1. The van der Waals surface area contributed by atoms with Crippen LogP contribution in [0.2, 0.25) is 0 Å². The van der Waals surface area contributed by atoms with Crippen molar-refractivity contribution in [3.05, 3.63) is 28.7 Å². The first-order valence-corrected chi connectivity index (χ1v) is 7.42. The summed E-state index contributed by atoms with van der Waals surface area (Å²) < 4.78 is 6.53. The maximum absolute atomic E-state index is 11.7. The van der Waals surface area contributed by atoms with Crippen LogP contribution in [0.15, 0.2) is 28.7 Å². The van der Waals surface area contributed by atoms with E-state index in [1.54, 1.807) is 0 Å². The number of hydrogen-bond donors (Lipinski definition) is 2. The summed E-state index contributed by atoms with van der Waals surface area (Å²) in [4.78, 5) is 11.7. The van der Waals surface area contributed by atoms with Gasteiger partial charge in [0.05, 0.1) is 6.54 Å². The molecule has 1 aromatic carbocycles. The third-order valence-corrected chi connectivity index (χ3v) is 3.58. The molecule has 1 aliphatic rings. The van der Waals surface area contributed by atoms with Gasteiger partial charge < -0.3 is 15.4 Å². The molecule has 0 bridgehead atoms. The summed E-state index contributed by atoms with van der Waals surface area (Å²) >= 11 is 3.39. The highest BCUT2D eigenvalue weighted by Gasteiger charge is 2.17. The normalized spacial score (nSPS) is 17.4. The first-order valence-electron chi connectivity index (χ1n) is 6.62. The molecule has 1 unspecified atom stereocenters. The van der Waals surface area contributed by atoms with Crippen LogP contribution in [0, 0.1) is 0 Å². The second-order valence-electron chi connectivity index (χ2n) is 4.65. The number of hydrogen-bond acceptors (Lipinski definition) is 3. The van der Waals surface area contributed by atoms with E-state index in [4.69, 9.17) is 4.74 Å². The Morgan fingerprint density at radius 1 is 1.50 bits per heavy atom. The maximum Gasteiger partial charge on any atom is 0.221 e. The van der Waals surface area contributed by atoms with Crippen LogP contribution in [0.3, 0.4) is 0 Å². The molecule has 1 aromatic rings. The van der Waals surface area contributed by atoms with Crippen LogP contribution in [0.4, 0.5) is 0 Å². The second-order valence-corrected chi connectivity index (χ2v) is 5.57. The lowest BCUT2D eigenvalue weighted by Gasteiger charge is -2.11. The van der Waals surface area contributed by atoms with Gasteiger partial charge in [0, 0.05) is 16.9 Å². The monoisotopic (exact) mass is 362 g/mol. The summed E-state index contributed by atoms with van der Waals surface area (Å²) in [7, 11) is 0. The predicted molar refractivity (Wildman–Crippen MR) is 85.5 cm³/mol. The largest absolute Gasteiger partial charge is 0.492 e. The third-order valence-electron chi connectivity index (χ3n) is 3.08. The first kappa shape index (κ1) is 17.3. The van der Waals surface area contributed by atoms with E-state index in [2.05, 4.69) is 26.6 Å². The minimum atomic E-state index is 0. The molecule has 0 radical (unpaired) electrons. The van der Waals surface area contributed by atoms with Crippen molar-refractivity contribution in [2.45, 2.75) is 25.3 Å². The Balaban J connectivity index is 0.00000200. The van der Waals surface area contributed by atoms with E-state index >= 15 is 0 Å². The molecule has 1 atom stereocenters. The zero-order valence-electron chi connectivity index (χ0n) is 11.2. The van der Waals surface area contributed by atoms with Gasteiger partial charge in [0.25, 0.3) is 0 Å². The van der Waals surface area contributed by atoms with Crippen molar-refractivity contribution in [3.63, 3.8) is 0 Å².